The average Bonchev–Trinajstić information content (AvgIpc) is 3.03. The van der Waals surface area contributed by atoms with E-state index in [4.69, 9.17) is 2.74 Å². The number of benzene rings is 4. The second-order valence-corrected chi connectivity index (χ2v) is 8.23. The van der Waals surface area contributed by atoms with Crippen molar-refractivity contribution in [3.05, 3.63) is 154 Å². The molecule has 4 aromatic rings. The topological polar surface area (TPSA) is 14.1 Å². The zero-order valence-corrected chi connectivity index (χ0v) is 38.4. The number of hydrogen-bond donors (Lipinski definition) is 0. The molecule has 0 amide bonds. The van der Waals surface area contributed by atoms with Crippen LogP contribution in [-0.2, 0) is 25.7 Å². The molecule has 39 heavy (non-hydrogen) atoms. The largest absolute Gasteiger partial charge is 0.668 e. The van der Waals surface area contributed by atoms with E-state index in [9.17, 15) is 0 Å². The fraction of sp³-hybridized carbons (Fsp3) is 0.306. The molecule has 3 heteroatoms. The molecule has 2 aliphatic carbocycles. The van der Waals surface area contributed by atoms with Crippen LogP contribution in [0.25, 0.3) is 5.32 Å². The van der Waals surface area contributed by atoms with Crippen molar-refractivity contribution in [3.8, 4) is 0 Å². The van der Waals surface area contributed by atoms with Gasteiger partial charge in [-0.1, -0.05) is 126 Å². The second-order valence-electron chi connectivity index (χ2n) is 8.23. The zero-order valence-electron chi connectivity index (χ0n) is 27.6. The Morgan fingerprint density at radius 3 is 0.667 bits per heavy atom. The first kappa shape index (κ1) is 33.8. The maximum atomic E-state index is 5.75. The van der Waals surface area contributed by atoms with Gasteiger partial charge in [0.05, 0.1) is 0 Å². The Bertz CT molecular complexity index is 899. The third kappa shape index (κ3) is 10.4. The van der Waals surface area contributed by atoms with E-state index in [1.807, 2.05) is 13.8 Å². The van der Waals surface area contributed by atoms with Crippen molar-refractivity contribution in [1.29, 1.82) is 0 Å². The summed E-state index contributed by atoms with van der Waals surface area (Å²) in [7, 11) is 6.00. The Labute approximate surface area is 231 Å². The van der Waals surface area contributed by atoms with Crippen molar-refractivity contribution in [3.63, 3.8) is 0 Å². The normalized spacial score (nSPS) is 10.6. The van der Waals surface area contributed by atoms with Crippen molar-refractivity contribution < 1.29 is 2.74 Å². The molecule has 0 heterocycles. The minimum absolute atomic E-state index is 0. The summed E-state index contributed by atoms with van der Waals surface area (Å²) in [6.45, 7) is 9.00. The molecular weight excluding hydrogens is 980 g/mol. The Hall–Kier alpha value is -5.16. The van der Waals surface area contributed by atoms with Gasteiger partial charge in [-0.15, -0.1) is 0 Å². The Kier molecular flexibility index (Phi) is 18.2. The number of fused-ring (bicyclic) bond motifs is 4. The van der Waals surface area contributed by atoms with Gasteiger partial charge in [0.15, 0.2) is 0 Å². The average molecular weight is 1030 g/mol. The van der Waals surface area contributed by atoms with E-state index >= 15 is 0 Å². The molecule has 0 bridgehead atoms. The molecular formula is C36H49NRf2-2. The van der Waals surface area contributed by atoms with Gasteiger partial charge in [-0.3, -0.25) is 0 Å². The van der Waals surface area contributed by atoms with Crippen LogP contribution in [0.2, 0.25) is 0 Å². The number of rotatable bonds is 0. The summed E-state index contributed by atoms with van der Waals surface area (Å²) in [6.07, 6.45) is 4.41. The fourth-order valence-electron chi connectivity index (χ4n) is 4.43. The van der Waals surface area contributed by atoms with E-state index < -0.39 is 0 Å². The molecule has 0 unspecified atom stereocenters. The number of nitrogens with zero attached hydrogens (tertiary/aromatic N) is 1. The van der Waals surface area contributed by atoms with Gasteiger partial charge in [0.25, 0.3) is 0 Å². The van der Waals surface area contributed by atoms with E-state index in [2.05, 4.69) is 109 Å². The summed E-state index contributed by atoms with van der Waals surface area (Å²) in [4.78, 5) is 0. The summed E-state index contributed by atoms with van der Waals surface area (Å²) >= 11 is 0. The third-order valence-corrected chi connectivity index (χ3v) is 6.00. The smallest absolute Gasteiger partial charge is 0.0194 e. The quantitative estimate of drug-likeness (QED) is 0.135. The maximum Gasteiger partial charge on any atom is 0.0194 e. The molecule has 0 atom stereocenters. The van der Waals surface area contributed by atoms with Crippen LogP contribution in [-0.4, -0.2) is 14.1 Å². The summed E-state index contributed by atoms with van der Waals surface area (Å²) in [6, 6.07) is 35.0. The van der Waals surface area contributed by atoms with Crippen LogP contribution in [0.5, 0.6) is 0 Å². The molecule has 0 aliphatic heterocycles. The van der Waals surface area contributed by atoms with Gasteiger partial charge in [0, 0.05) is 2.74 Å². The first-order valence-corrected chi connectivity index (χ1v) is 12.7. The zero-order chi connectivity index (χ0) is 29.5. The first-order valence-electron chi connectivity index (χ1n) is 14.7. The van der Waals surface area contributed by atoms with Gasteiger partial charge in [-0.05, 0) is 70.2 Å². The molecule has 0 fully saturated rings. The van der Waals surface area contributed by atoms with Crippen LogP contribution in [0.3, 0.4) is 0 Å². The Morgan fingerprint density at radius 1 is 0.462 bits per heavy atom. The molecule has 2 aliphatic rings. The first-order chi connectivity index (χ1) is 19.3. The van der Waals surface area contributed by atoms with Crippen LogP contribution < -0.4 is 0 Å². The van der Waals surface area contributed by atoms with Crippen molar-refractivity contribution in [2.24, 2.45) is 0 Å². The van der Waals surface area contributed by atoms with E-state index in [0.717, 1.165) is 25.7 Å². The molecule has 0 radical (unpaired) electrons. The summed E-state index contributed by atoms with van der Waals surface area (Å²) in [5, 5.41) is 3.50. The van der Waals surface area contributed by atoms with Crippen LogP contribution in [0.1, 0.15) is 82.8 Å². The summed E-state index contributed by atoms with van der Waals surface area (Å²) in [5.41, 5.74) is 11.9. The molecule has 0 spiro atoms. The third-order valence-electron chi connectivity index (χ3n) is 6.00. The van der Waals surface area contributed by atoms with Crippen molar-refractivity contribution in [2.75, 3.05) is 14.1 Å². The maximum absolute atomic E-state index is 5.75. The molecule has 6 rings (SSSR count). The van der Waals surface area contributed by atoms with Crippen LogP contribution in [0.15, 0.2) is 97.1 Å². The van der Waals surface area contributed by atoms with Gasteiger partial charge in [-0.2, -0.15) is 21.0 Å². The molecule has 204 valence electrons. The van der Waals surface area contributed by atoms with Gasteiger partial charge >= 0.3 is 0 Å². The molecule has 0 N–H and O–H groups in total. The van der Waals surface area contributed by atoms with Crippen LogP contribution >= 0.6 is 0 Å². The van der Waals surface area contributed by atoms with Crippen LogP contribution in [0, 0.1) is 6.92 Å². The Morgan fingerprint density at radius 2 is 0.564 bits per heavy atom. The predicted molar refractivity (Wildman–Crippen MR) is 168 cm³/mol. The minimum atomic E-state index is 0. The molecule has 0 saturated heterocycles. The molecule has 4 aromatic carbocycles. The van der Waals surface area contributed by atoms with E-state index in [1.165, 1.54) is 59.3 Å². The minimum Gasteiger partial charge on any atom is -0.668 e. The molecule has 1 nitrogen and oxygen atoms in total. The number of hydrogen-bond acceptors (Lipinski definition) is 0. The second kappa shape index (κ2) is 21.0. The van der Waals surface area contributed by atoms with Gasteiger partial charge < -0.3 is 12.2 Å². The fourth-order valence-corrected chi connectivity index (χ4v) is 4.43. The summed E-state index contributed by atoms with van der Waals surface area (Å²) < 4.78 is 11.5. The summed E-state index contributed by atoms with van der Waals surface area (Å²) in [5.74, 6) is 0. The monoisotopic (exact) mass is 1030 g/mol. The standard InChI is InChI=1S/2C14H12.C2H6N.C2H6.C2H5.2CH4.2Rf/c2*1-2-6-12-10-14-8-4-3-7-13(14)9-11(12)5-1;1-3-2;2*1-2;;;;/h2*1-8H,9-10H2;1-2H3;1-2H3;1H2,2H3;2*1H4;;/q;;-1;;-1;;;;/i;;;;;2*1D;;. The predicted octanol–water partition coefficient (Wildman–Crippen LogP) is 10.1. The molecule has 0 saturated carbocycles. The van der Waals surface area contributed by atoms with Crippen molar-refractivity contribution in [2.45, 2.75) is 61.3 Å². The van der Waals surface area contributed by atoms with Gasteiger partial charge in [0.1, 0.15) is 0 Å². The SMILES string of the molecule is CC.C[N-]C.[2H]C.[2H]C.[CH2-]C.[Rf].[Rf].c1ccc2c(c1)Cc1ccccc1C2.c1ccc2c(c1)Cc1ccccc1C2. The van der Waals surface area contributed by atoms with Crippen LogP contribution in [0.4, 0.5) is 0 Å². The molecule has 0 aromatic heterocycles. The van der Waals surface area contributed by atoms with Crippen molar-refractivity contribution >= 4 is 0 Å². The van der Waals surface area contributed by atoms with E-state index in [1.54, 1.807) is 21.0 Å². The van der Waals surface area contributed by atoms with Gasteiger partial charge in [-0.25, -0.2) is 0 Å². The van der Waals surface area contributed by atoms with Gasteiger partial charge in [0.2, 0.25) is 0 Å². The Balaban J connectivity index is -0.000000509. The van der Waals surface area contributed by atoms with E-state index in [-0.39, 0.29) is 0 Å². The van der Waals surface area contributed by atoms with Crippen molar-refractivity contribution in [1.82, 2.24) is 0 Å². The van der Waals surface area contributed by atoms with E-state index in [0.29, 0.717) is 0 Å².